The third kappa shape index (κ3) is 5.24. The van der Waals surface area contributed by atoms with Crippen molar-refractivity contribution in [1.82, 2.24) is 0 Å². The maximum atomic E-state index is 12.7. The van der Waals surface area contributed by atoms with Gasteiger partial charge in [-0.3, -0.25) is 0 Å². The van der Waals surface area contributed by atoms with Crippen LogP contribution in [0, 0.1) is 13.8 Å². The first kappa shape index (κ1) is 23.0. The molecule has 0 amide bonds. The molecule has 4 nitrogen and oxygen atoms in total. The molecule has 0 heterocycles. The molecule has 0 aliphatic heterocycles. The monoisotopic (exact) mass is 450 g/mol. The lowest BCUT2D eigenvalue weighted by Gasteiger charge is -2.20. The Morgan fingerprint density at radius 2 is 0.971 bits per heavy atom. The van der Waals surface area contributed by atoms with Crippen LogP contribution in [0.25, 0.3) is 0 Å². The Bertz CT molecular complexity index is 1210. The number of carbonyl (C=O) groups excluding carboxylic acids is 2. The molecule has 0 bridgehead atoms. The van der Waals surface area contributed by atoms with Crippen LogP contribution in [0.5, 0.6) is 11.5 Å². The number of aryl methyl sites for hydroxylation is 2. The minimum absolute atomic E-state index is 0.197. The Balaban J connectivity index is 1.68. The van der Waals surface area contributed by atoms with E-state index >= 15 is 0 Å². The molecule has 0 aromatic heterocycles. The van der Waals surface area contributed by atoms with Crippen LogP contribution in [0.2, 0.25) is 0 Å². The fourth-order valence-corrected chi connectivity index (χ4v) is 3.83. The molecule has 0 N–H and O–H groups in total. The van der Waals surface area contributed by atoms with Gasteiger partial charge >= 0.3 is 11.9 Å². The lowest BCUT2D eigenvalue weighted by molar-refractivity contribution is 0.0725. The second-order valence-corrected chi connectivity index (χ2v) is 8.32. The van der Waals surface area contributed by atoms with Gasteiger partial charge in [0.05, 0.1) is 11.1 Å². The topological polar surface area (TPSA) is 52.6 Å². The van der Waals surface area contributed by atoms with E-state index < -0.39 is 11.9 Å². The molecule has 0 aliphatic carbocycles. The van der Waals surface area contributed by atoms with E-state index in [1.54, 1.807) is 48.5 Å². The van der Waals surface area contributed by atoms with Gasteiger partial charge in [-0.1, -0.05) is 78.7 Å². The van der Waals surface area contributed by atoms with Crippen LogP contribution >= 0.6 is 0 Å². The summed E-state index contributed by atoms with van der Waals surface area (Å²) in [6.45, 7) is 6.00. The highest BCUT2D eigenvalue weighted by atomic mass is 16.5. The number of esters is 2. The van der Waals surface area contributed by atoms with Crippen molar-refractivity contribution in [2.75, 3.05) is 0 Å². The van der Waals surface area contributed by atoms with Crippen molar-refractivity contribution in [1.29, 1.82) is 0 Å². The fourth-order valence-electron chi connectivity index (χ4n) is 3.83. The van der Waals surface area contributed by atoms with Gasteiger partial charge in [0.1, 0.15) is 11.5 Å². The predicted molar refractivity (Wildman–Crippen MR) is 133 cm³/mol. The number of carbonyl (C=O) groups is 2. The molecule has 0 fully saturated rings. The first-order valence-electron chi connectivity index (χ1n) is 11.2. The Morgan fingerprint density at radius 1 is 0.588 bits per heavy atom. The quantitative estimate of drug-likeness (QED) is 0.237. The summed E-state index contributed by atoms with van der Waals surface area (Å²) >= 11 is 0. The SMILES string of the molecule is Cc1ccc(OC(=O)c2ccccc2)c(C(C)c2cc(C)ccc2OC(=O)c2ccccc2)c1. The Hall–Kier alpha value is -4.18. The van der Waals surface area contributed by atoms with Crippen molar-refractivity contribution < 1.29 is 19.1 Å². The second kappa shape index (κ2) is 10.2. The number of rotatable bonds is 6. The zero-order valence-corrected chi connectivity index (χ0v) is 19.4. The lowest BCUT2D eigenvalue weighted by atomic mass is 9.89. The summed E-state index contributed by atoms with van der Waals surface area (Å²) in [5.41, 5.74) is 4.72. The fraction of sp³-hybridized carbons (Fsp3) is 0.133. The van der Waals surface area contributed by atoms with Gasteiger partial charge in [0, 0.05) is 17.0 Å². The molecule has 4 heteroatoms. The molecule has 0 spiro atoms. The van der Waals surface area contributed by atoms with Gasteiger partial charge in [-0.2, -0.15) is 0 Å². The third-order valence-electron chi connectivity index (χ3n) is 5.69. The summed E-state index contributed by atoms with van der Waals surface area (Å²) in [6.07, 6.45) is 0. The smallest absolute Gasteiger partial charge is 0.343 e. The van der Waals surface area contributed by atoms with E-state index in [1.165, 1.54) is 0 Å². The van der Waals surface area contributed by atoms with E-state index in [4.69, 9.17) is 9.47 Å². The molecule has 0 radical (unpaired) electrons. The van der Waals surface area contributed by atoms with Crippen molar-refractivity contribution in [3.05, 3.63) is 130 Å². The zero-order valence-electron chi connectivity index (χ0n) is 19.4. The first-order valence-corrected chi connectivity index (χ1v) is 11.2. The molecular weight excluding hydrogens is 424 g/mol. The van der Waals surface area contributed by atoms with Crippen LogP contribution in [0.1, 0.15) is 55.8 Å². The minimum Gasteiger partial charge on any atom is -0.423 e. The molecule has 0 aliphatic rings. The van der Waals surface area contributed by atoms with E-state index in [-0.39, 0.29) is 5.92 Å². The molecule has 34 heavy (non-hydrogen) atoms. The summed E-state index contributed by atoms with van der Waals surface area (Å²) in [4.78, 5) is 25.5. The highest BCUT2D eigenvalue weighted by Gasteiger charge is 2.22. The highest BCUT2D eigenvalue weighted by Crippen LogP contribution is 2.38. The average Bonchev–Trinajstić information content (AvgIpc) is 2.86. The predicted octanol–water partition coefficient (Wildman–Crippen LogP) is 6.89. The van der Waals surface area contributed by atoms with E-state index in [0.717, 1.165) is 22.3 Å². The van der Waals surface area contributed by atoms with E-state index in [1.807, 2.05) is 69.3 Å². The zero-order chi connectivity index (χ0) is 24.1. The van der Waals surface area contributed by atoms with Gasteiger partial charge in [0.2, 0.25) is 0 Å². The largest absolute Gasteiger partial charge is 0.423 e. The molecule has 4 aromatic carbocycles. The highest BCUT2D eigenvalue weighted by molar-refractivity contribution is 5.92. The molecule has 4 aromatic rings. The first-order chi connectivity index (χ1) is 16.4. The van der Waals surface area contributed by atoms with Crippen LogP contribution < -0.4 is 9.47 Å². The summed E-state index contributed by atoms with van der Waals surface area (Å²) in [5, 5.41) is 0. The van der Waals surface area contributed by atoms with E-state index in [0.29, 0.717) is 22.6 Å². The lowest BCUT2D eigenvalue weighted by Crippen LogP contribution is -2.13. The number of hydrogen-bond acceptors (Lipinski definition) is 4. The summed E-state index contributed by atoms with van der Waals surface area (Å²) < 4.78 is 11.6. The number of ether oxygens (including phenoxy) is 2. The summed E-state index contributed by atoms with van der Waals surface area (Å²) in [7, 11) is 0. The molecule has 4 rings (SSSR count). The molecular formula is C30H26O4. The Morgan fingerprint density at radius 3 is 1.35 bits per heavy atom. The molecule has 0 saturated heterocycles. The molecule has 0 unspecified atom stereocenters. The van der Waals surface area contributed by atoms with Crippen LogP contribution in [0.3, 0.4) is 0 Å². The Labute approximate surface area is 199 Å². The van der Waals surface area contributed by atoms with Gasteiger partial charge in [0.25, 0.3) is 0 Å². The van der Waals surface area contributed by atoms with Crippen molar-refractivity contribution in [3.8, 4) is 11.5 Å². The van der Waals surface area contributed by atoms with Gasteiger partial charge in [-0.05, 0) is 50.2 Å². The van der Waals surface area contributed by atoms with Gasteiger partial charge in [-0.25, -0.2) is 9.59 Å². The normalized spacial score (nSPS) is 10.7. The number of benzene rings is 4. The van der Waals surface area contributed by atoms with E-state index in [2.05, 4.69) is 0 Å². The molecule has 0 atom stereocenters. The van der Waals surface area contributed by atoms with Gasteiger partial charge < -0.3 is 9.47 Å². The third-order valence-corrected chi connectivity index (χ3v) is 5.69. The standard InChI is InChI=1S/C30H26O4/c1-20-14-16-27(33-29(31)23-10-6-4-7-11-23)25(18-20)22(3)26-19-21(2)15-17-28(26)34-30(32)24-12-8-5-9-13-24/h4-19,22H,1-3H3. The molecule has 0 saturated carbocycles. The van der Waals surface area contributed by atoms with Crippen LogP contribution in [0.4, 0.5) is 0 Å². The second-order valence-electron chi connectivity index (χ2n) is 8.32. The van der Waals surface area contributed by atoms with Crippen molar-refractivity contribution >= 4 is 11.9 Å². The molecule has 170 valence electrons. The summed E-state index contributed by atoms with van der Waals surface area (Å²) in [5.74, 6) is -0.0738. The number of hydrogen-bond donors (Lipinski definition) is 0. The maximum absolute atomic E-state index is 12.7. The van der Waals surface area contributed by atoms with E-state index in [9.17, 15) is 9.59 Å². The minimum atomic E-state index is -0.419. The van der Waals surface area contributed by atoms with Crippen molar-refractivity contribution in [2.45, 2.75) is 26.7 Å². The van der Waals surface area contributed by atoms with Gasteiger partial charge in [-0.15, -0.1) is 0 Å². The van der Waals surface area contributed by atoms with Crippen molar-refractivity contribution in [3.63, 3.8) is 0 Å². The van der Waals surface area contributed by atoms with Crippen LogP contribution in [-0.4, -0.2) is 11.9 Å². The van der Waals surface area contributed by atoms with Crippen LogP contribution in [0.15, 0.2) is 97.1 Å². The van der Waals surface area contributed by atoms with Gasteiger partial charge in [0.15, 0.2) is 0 Å². The van der Waals surface area contributed by atoms with Crippen LogP contribution in [-0.2, 0) is 0 Å². The van der Waals surface area contributed by atoms with Crippen molar-refractivity contribution in [2.24, 2.45) is 0 Å². The average molecular weight is 451 g/mol. The maximum Gasteiger partial charge on any atom is 0.343 e. The summed E-state index contributed by atoms with van der Waals surface area (Å²) in [6, 6.07) is 29.3. The Kier molecular flexibility index (Phi) is 6.88.